The van der Waals surface area contributed by atoms with E-state index in [0.717, 1.165) is 31.5 Å². The second-order valence-electron chi connectivity index (χ2n) is 4.81. The van der Waals surface area contributed by atoms with Crippen molar-refractivity contribution in [3.63, 3.8) is 0 Å². The van der Waals surface area contributed by atoms with Crippen LogP contribution in [0.4, 0.5) is 5.69 Å². The van der Waals surface area contributed by atoms with E-state index in [2.05, 4.69) is 10.6 Å². The van der Waals surface area contributed by atoms with Crippen LogP contribution in [0.15, 0.2) is 18.2 Å². The first kappa shape index (κ1) is 13.8. The third kappa shape index (κ3) is 4.22. The zero-order valence-corrected chi connectivity index (χ0v) is 11.1. The summed E-state index contributed by atoms with van der Waals surface area (Å²) in [5.74, 6) is 0.0359. The third-order valence-electron chi connectivity index (χ3n) is 3.22. The number of anilines is 1. The fourth-order valence-electron chi connectivity index (χ4n) is 2.13. The molecule has 1 saturated heterocycles. The normalized spacial score (nSPS) is 16.3. The van der Waals surface area contributed by atoms with Gasteiger partial charge in [0.1, 0.15) is 12.4 Å². The molecule has 0 aliphatic carbocycles. The molecule has 1 aliphatic heterocycles. The average Bonchev–Trinajstić information content (AvgIpc) is 2.41. The molecule has 1 amide bonds. The SMILES string of the molecule is Cc1cc(O)ccc1NC(=O)COC1CCNCC1. The van der Waals surface area contributed by atoms with Crippen molar-refractivity contribution in [2.24, 2.45) is 0 Å². The molecule has 0 saturated carbocycles. The summed E-state index contributed by atoms with van der Waals surface area (Å²) >= 11 is 0. The number of ether oxygens (including phenoxy) is 1. The Hall–Kier alpha value is -1.59. The molecular weight excluding hydrogens is 244 g/mol. The zero-order chi connectivity index (χ0) is 13.7. The highest BCUT2D eigenvalue weighted by Gasteiger charge is 2.15. The first-order valence-electron chi connectivity index (χ1n) is 6.57. The molecule has 3 N–H and O–H groups in total. The molecule has 0 aromatic heterocycles. The minimum Gasteiger partial charge on any atom is -0.508 e. The highest BCUT2D eigenvalue weighted by molar-refractivity contribution is 5.92. The molecule has 0 unspecified atom stereocenters. The number of phenols is 1. The fourth-order valence-corrected chi connectivity index (χ4v) is 2.13. The van der Waals surface area contributed by atoms with E-state index < -0.39 is 0 Å². The number of hydrogen-bond donors (Lipinski definition) is 3. The molecule has 0 atom stereocenters. The molecule has 0 radical (unpaired) electrons. The molecule has 19 heavy (non-hydrogen) atoms. The molecule has 5 nitrogen and oxygen atoms in total. The Bertz CT molecular complexity index is 442. The molecular formula is C14H20N2O3. The maximum absolute atomic E-state index is 11.8. The van der Waals surface area contributed by atoms with Crippen molar-refractivity contribution in [3.8, 4) is 5.75 Å². The predicted octanol–water partition coefficient (Wildman–Crippen LogP) is 1.41. The zero-order valence-electron chi connectivity index (χ0n) is 11.1. The lowest BCUT2D eigenvalue weighted by Crippen LogP contribution is -2.34. The lowest BCUT2D eigenvalue weighted by atomic mass is 10.1. The van der Waals surface area contributed by atoms with Gasteiger partial charge in [0.2, 0.25) is 5.91 Å². The van der Waals surface area contributed by atoms with Crippen LogP contribution in [-0.4, -0.2) is 36.8 Å². The summed E-state index contributed by atoms with van der Waals surface area (Å²) in [7, 11) is 0. The molecule has 0 spiro atoms. The van der Waals surface area contributed by atoms with Crippen LogP contribution >= 0.6 is 0 Å². The lowest BCUT2D eigenvalue weighted by molar-refractivity contribution is -0.123. The Labute approximate surface area is 113 Å². The number of aromatic hydroxyl groups is 1. The van der Waals surface area contributed by atoms with E-state index in [-0.39, 0.29) is 24.4 Å². The number of carbonyl (C=O) groups excluding carboxylic acids is 1. The number of aryl methyl sites for hydroxylation is 1. The van der Waals surface area contributed by atoms with Crippen molar-refractivity contribution in [1.82, 2.24) is 5.32 Å². The van der Waals surface area contributed by atoms with Crippen molar-refractivity contribution < 1.29 is 14.6 Å². The molecule has 5 heteroatoms. The van der Waals surface area contributed by atoms with Crippen molar-refractivity contribution in [3.05, 3.63) is 23.8 Å². The average molecular weight is 264 g/mol. The summed E-state index contributed by atoms with van der Waals surface area (Å²) < 4.78 is 5.58. The summed E-state index contributed by atoms with van der Waals surface area (Å²) in [5.41, 5.74) is 1.53. The minimum atomic E-state index is -0.160. The van der Waals surface area contributed by atoms with Gasteiger partial charge in [0.15, 0.2) is 0 Å². The molecule has 1 aliphatic rings. The summed E-state index contributed by atoms with van der Waals surface area (Å²) in [6.07, 6.45) is 2.07. The Kier molecular flexibility index (Phi) is 4.76. The maximum Gasteiger partial charge on any atom is 0.250 e. The molecule has 1 aromatic rings. The standard InChI is InChI=1S/C14H20N2O3/c1-10-8-11(17)2-3-13(10)16-14(18)9-19-12-4-6-15-7-5-12/h2-3,8,12,15,17H,4-7,9H2,1H3,(H,16,18). The third-order valence-corrected chi connectivity index (χ3v) is 3.22. The highest BCUT2D eigenvalue weighted by atomic mass is 16.5. The van der Waals surface area contributed by atoms with Crippen molar-refractivity contribution in [2.75, 3.05) is 25.0 Å². The molecule has 2 rings (SSSR count). The van der Waals surface area contributed by atoms with Gasteiger partial charge >= 0.3 is 0 Å². The van der Waals surface area contributed by atoms with Crippen molar-refractivity contribution in [2.45, 2.75) is 25.9 Å². The van der Waals surface area contributed by atoms with Crippen molar-refractivity contribution >= 4 is 11.6 Å². The van der Waals surface area contributed by atoms with Crippen LogP contribution in [0.3, 0.4) is 0 Å². The van der Waals surface area contributed by atoms with Gasteiger partial charge in [-0.2, -0.15) is 0 Å². The second kappa shape index (κ2) is 6.54. The minimum absolute atomic E-state index is 0.0744. The summed E-state index contributed by atoms with van der Waals surface area (Å²) in [4.78, 5) is 11.8. The van der Waals surface area contributed by atoms with Gasteiger partial charge in [-0.25, -0.2) is 0 Å². The Morgan fingerprint density at radius 1 is 1.47 bits per heavy atom. The van der Waals surface area contributed by atoms with Crippen molar-refractivity contribution in [1.29, 1.82) is 0 Å². The lowest BCUT2D eigenvalue weighted by Gasteiger charge is -2.22. The van der Waals surface area contributed by atoms with Crippen LogP contribution < -0.4 is 10.6 Å². The first-order chi connectivity index (χ1) is 9.15. The van der Waals surface area contributed by atoms with Crippen LogP contribution in [0.5, 0.6) is 5.75 Å². The van der Waals surface area contributed by atoms with E-state index in [4.69, 9.17) is 4.74 Å². The smallest absolute Gasteiger partial charge is 0.250 e. The first-order valence-corrected chi connectivity index (χ1v) is 6.57. The molecule has 104 valence electrons. The number of piperidine rings is 1. The van der Waals surface area contributed by atoms with Crippen LogP contribution in [-0.2, 0) is 9.53 Å². The van der Waals surface area contributed by atoms with Gasteiger partial charge in [0, 0.05) is 5.69 Å². The summed E-state index contributed by atoms with van der Waals surface area (Å²) in [5, 5.41) is 15.3. The number of carbonyl (C=O) groups is 1. The topological polar surface area (TPSA) is 70.6 Å². The Morgan fingerprint density at radius 3 is 2.89 bits per heavy atom. The maximum atomic E-state index is 11.8. The van der Waals surface area contributed by atoms with Gasteiger partial charge in [-0.1, -0.05) is 0 Å². The van der Waals surface area contributed by atoms with Gasteiger partial charge < -0.3 is 20.5 Å². The van der Waals surface area contributed by atoms with E-state index in [0.29, 0.717) is 5.69 Å². The number of rotatable bonds is 4. The largest absolute Gasteiger partial charge is 0.508 e. The Morgan fingerprint density at radius 2 is 2.21 bits per heavy atom. The van der Waals surface area contributed by atoms with E-state index in [1.165, 1.54) is 0 Å². The van der Waals surface area contributed by atoms with Gasteiger partial charge in [-0.3, -0.25) is 4.79 Å². The summed E-state index contributed by atoms with van der Waals surface area (Å²) in [6.45, 7) is 3.81. The quantitative estimate of drug-likeness (QED) is 0.719. The van der Waals surface area contributed by atoms with E-state index in [1.807, 2.05) is 6.92 Å². The number of nitrogens with one attached hydrogen (secondary N) is 2. The number of amides is 1. The van der Waals surface area contributed by atoms with Gasteiger partial charge in [-0.05, 0) is 56.6 Å². The number of phenolic OH excluding ortho intramolecular Hbond substituents is 1. The van der Waals surface area contributed by atoms with E-state index in [9.17, 15) is 9.90 Å². The van der Waals surface area contributed by atoms with Crippen LogP contribution in [0.1, 0.15) is 18.4 Å². The highest BCUT2D eigenvalue weighted by Crippen LogP contribution is 2.20. The molecule has 1 fully saturated rings. The van der Waals surface area contributed by atoms with E-state index >= 15 is 0 Å². The van der Waals surface area contributed by atoms with Crippen LogP contribution in [0, 0.1) is 6.92 Å². The molecule has 1 heterocycles. The molecule has 1 aromatic carbocycles. The number of benzene rings is 1. The summed E-state index contributed by atoms with van der Waals surface area (Å²) in [6, 6.07) is 4.85. The van der Waals surface area contributed by atoms with Crippen LogP contribution in [0.25, 0.3) is 0 Å². The molecule has 0 bridgehead atoms. The van der Waals surface area contributed by atoms with Crippen LogP contribution in [0.2, 0.25) is 0 Å². The number of hydrogen-bond acceptors (Lipinski definition) is 4. The fraction of sp³-hybridized carbons (Fsp3) is 0.500. The van der Waals surface area contributed by atoms with E-state index in [1.54, 1.807) is 18.2 Å². The monoisotopic (exact) mass is 264 g/mol. The Balaban J connectivity index is 1.80. The van der Waals surface area contributed by atoms with Gasteiger partial charge in [-0.15, -0.1) is 0 Å². The second-order valence-corrected chi connectivity index (χ2v) is 4.81. The predicted molar refractivity (Wildman–Crippen MR) is 73.3 cm³/mol. The van der Waals surface area contributed by atoms with Gasteiger partial charge in [0.25, 0.3) is 0 Å². The van der Waals surface area contributed by atoms with Gasteiger partial charge in [0.05, 0.1) is 6.10 Å².